The lowest BCUT2D eigenvalue weighted by Gasteiger charge is -2.22. The SMILES string of the molecule is CCCOCOC(=O)C(F)(F)C(F)(F)C(=O)OCOCCC. The van der Waals surface area contributed by atoms with Gasteiger partial charge in [0.25, 0.3) is 0 Å². The second-order valence-electron chi connectivity index (χ2n) is 4.06. The molecule has 130 valence electrons. The smallest absolute Gasteiger partial charge is 0.415 e. The van der Waals surface area contributed by atoms with Gasteiger partial charge in [-0.05, 0) is 12.8 Å². The minimum Gasteiger partial charge on any atom is -0.434 e. The number of carbonyl (C=O) groups is 2. The van der Waals surface area contributed by atoms with Crippen molar-refractivity contribution in [2.45, 2.75) is 38.5 Å². The zero-order chi connectivity index (χ0) is 17.2. The summed E-state index contributed by atoms with van der Waals surface area (Å²) in [6.45, 7) is 1.72. The molecule has 0 fully saturated rings. The summed E-state index contributed by atoms with van der Waals surface area (Å²) in [5.74, 6) is -15.9. The van der Waals surface area contributed by atoms with E-state index in [-0.39, 0.29) is 13.2 Å². The maximum atomic E-state index is 13.3. The van der Waals surface area contributed by atoms with Gasteiger partial charge in [0.05, 0.1) is 13.2 Å². The molecule has 0 heterocycles. The van der Waals surface area contributed by atoms with Crippen LogP contribution in [0.4, 0.5) is 17.6 Å². The number of esters is 2. The van der Waals surface area contributed by atoms with Gasteiger partial charge in [0, 0.05) is 0 Å². The molecule has 0 N–H and O–H groups in total. The summed E-state index contributed by atoms with van der Waals surface area (Å²) in [5.41, 5.74) is 0. The Labute approximate surface area is 124 Å². The van der Waals surface area contributed by atoms with Crippen LogP contribution in [0.1, 0.15) is 26.7 Å². The fraction of sp³-hybridized carbons (Fsp3) is 0.833. The number of rotatable bonds is 11. The first kappa shape index (κ1) is 20.6. The van der Waals surface area contributed by atoms with E-state index < -0.39 is 37.4 Å². The van der Waals surface area contributed by atoms with E-state index in [9.17, 15) is 27.2 Å². The molecule has 0 rings (SSSR count). The number of halogens is 4. The molecule has 0 atom stereocenters. The zero-order valence-electron chi connectivity index (χ0n) is 12.2. The van der Waals surface area contributed by atoms with Crippen molar-refractivity contribution in [3.8, 4) is 0 Å². The van der Waals surface area contributed by atoms with E-state index >= 15 is 0 Å². The molecule has 0 aromatic heterocycles. The van der Waals surface area contributed by atoms with Crippen molar-refractivity contribution in [1.82, 2.24) is 0 Å². The average Bonchev–Trinajstić information content (AvgIpc) is 2.47. The highest BCUT2D eigenvalue weighted by molar-refractivity contribution is 5.89. The van der Waals surface area contributed by atoms with E-state index in [1.54, 1.807) is 13.8 Å². The number of alkyl halides is 4. The third kappa shape index (κ3) is 5.76. The predicted molar refractivity (Wildman–Crippen MR) is 64.3 cm³/mol. The molecule has 0 aromatic carbocycles. The highest BCUT2D eigenvalue weighted by Crippen LogP contribution is 2.36. The van der Waals surface area contributed by atoms with Crippen LogP contribution in [-0.4, -0.2) is 50.6 Å². The van der Waals surface area contributed by atoms with Crippen molar-refractivity contribution >= 4 is 11.9 Å². The summed E-state index contributed by atoms with van der Waals surface area (Å²) in [6.07, 6.45) is 1.02. The van der Waals surface area contributed by atoms with Gasteiger partial charge in [-0.3, -0.25) is 0 Å². The van der Waals surface area contributed by atoms with E-state index in [1.807, 2.05) is 0 Å². The highest BCUT2D eigenvalue weighted by Gasteiger charge is 2.69. The third-order valence-corrected chi connectivity index (χ3v) is 2.15. The van der Waals surface area contributed by atoms with Crippen LogP contribution in [-0.2, 0) is 28.5 Å². The Hall–Kier alpha value is -1.42. The minimum atomic E-state index is -5.38. The predicted octanol–water partition coefficient (Wildman–Crippen LogP) is 2.11. The summed E-state index contributed by atoms with van der Waals surface area (Å²) in [4.78, 5) is 22.0. The summed E-state index contributed by atoms with van der Waals surface area (Å²) in [6, 6.07) is 0. The van der Waals surface area contributed by atoms with E-state index in [0.29, 0.717) is 12.8 Å². The number of hydrogen-bond acceptors (Lipinski definition) is 6. The second-order valence-corrected chi connectivity index (χ2v) is 4.06. The largest absolute Gasteiger partial charge is 0.434 e. The summed E-state index contributed by atoms with van der Waals surface area (Å²) in [5, 5.41) is 0. The molecule has 0 spiro atoms. The molecule has 0 saturated carbocycles. The summed E-state index contributed by atoms with van der Waals surface area (Å²) >= 11 is 0. The van der Waals surface area contributed by atoms with Gasteiger partial charge in [0.1, 0.15) is 0 Å². The molecule has 0 amide bonds. The number of carbonyl (C=O) groups excluding carboxylic acids is 2. The third-order valence-electron chi connectivity index (χ3n) is 2.15. The van der Waals surface area contributed by atoms with Crippen LogP contribution in [0.15, 0.2) is 0 Å². The Balaban J connectivity index is 4.55. The molecular formula is C12H18F4O6. The Bertz CT molecular complexity index is 328. The van der Waals surface area contributed by atoms with E-state index in [1.165, 1.54) is 0 Å². The van der Waals surface area contributed by atoms with Crippen LogP contribution >= 0.6 is 0 Å². The molecule has 0 unspecified atom stereocenters. The van der Waals surface area contributed by atoms with E-state index in [4.69, 9.17) is 0 Å². The minimum absolute atomic E-state index is 0.0893. The molecule has 0 aromatic rings. The lowest BCUT2D eigenvalue weighted by molar-refractivity contribution is -0.246. The van der Waals surface area contributed by atoms with Crippen LogP contribution in [0.3, 0.4) is 0 Å². The molecule has 0 saturated heterocycles. The molecule has 6 nitrogen and oxygen atoms in total. The van der Waals surface area contributed by atoms with Gasteiger partial charge in [0.2, 0.25) is 0 Å². The van der Waals surface area contributed by atoms with Gasteiger partial charge in [-0.15, -0.1) is 0 Å². The molecule has 0 radical (unpaired) electrons. The lowest BCUT2D eigenvalue weighted by atomic mass is 10.2. The molecular weight excluding hydrogens is 316 g/mol. The van der Waals surface area contributed by atoms with Gasteiger partial charge >= 0.3 is 23.8 Å². The van der Waals surface area contributed by atoms with Crippen molar-refractivity contribution < 1.29 is 46.1 Å². The quantitative estimate of drug-likeness (QED) is 0.249. The monoisotopic (exact) mass is 334 g/mol. The molecule has 0 aliphatic heterocycles. The van der Waals surface area contributed by atoms with Gasteiger partial charge in [0.15, 0.2) is 13.6 Å². The normalized spacial score (nSPS) is 12.1. The molecule has 10 heteroatoms. The van der Waals surface area contributed by atoms with Crippen molar-refractivity contribution in [1.29, 1.82) is 0 Å². The first-order chi connectivity index (χ1) is 10.2. The standard InChI is InChI=1S/C12H18F4O6/c1-3-5-19-7-21-9(17)11(13,14)12(15,16)10(18)22-8-20-6-4-2/h3-8H2,1-2H3. The van der Waals surface area contributed by atoms with Crippen molar-refractivity contribution in [3.63, 3.8) is 0 Å². The van der Waals surface area contributed by atoms with Crippen LogP contribution in [0, 0.1) is 0 Å². The first-order valence-corrected chi connectivity index (χ1v) is 6.47. The van der Waals surface area contributed by atoms with Gasteiger partial charge in [-0.2, -0.15) is 17.6 Å². The molecule has 0 aliphatic carbocycles. The lowest BCUT2D eigenvalue weighted by Crippen LogP contribution is -2.53. The van der Waals surface area contributed by atoms with Crippen molar-refractivity contribution in [2.75, 3.05) is 26.8 Å². The van der Waals surface area contributed by atoms with Crippen molar-refractivity contribution in [2.24, 2.45) is 0 Å². The Kier molecular flexibility index (Phi) is 8.95. The second kappa shape index (κ2) is 9.57. The Morgan fingerprint density at radius 3 is 1.36 bits per heavy atom. The molecule has 22 heavy (non-hydrogen) atoms. The molecule has 0 aliphatic rings. The Morgan fingerprint density at radius 1 is 0.773 bits per heavy atom. The fourth-order valence-corrected chi connectivity index (χ4v) is 1.03. The average molecular weight is 334 g/mol. The number of hydrogen-bond donors (Lipinski definition) is 0. The maximum Gasteiger partial charge on any atom is 0.415 e. The first-order valence-electron chi connectivity index (χ1n) is 6.47. The highest BCUT2D eigenvalue weighted by atomic mass is 19.3. The van der Waals surface area contributed by atoms with Gasteiger partial charge in [-0.1, -0.05) is 13.8 Å². The maximum absolute atomic E-state index is 13.3. The van der Waals surface area contributed by atoms with Crippen LogP contribution in [0.2, 0.25) is 0 Å². The van der Waals surface area contributed by atoms with Crippen LogP contribution in [0.25, 0.3) is 0 Å². The molecule has 0 bridgehead atoms. The summed E-state index contributed by atoms with van der Waals surface area (Å²) < 4.78 is 70.1. The van der Waals surface area contributed by atoms with E-state index in [0.717, 1.165) is 0 Å². The summed E-state index contributed by atoms with van der Waals surface area (Å²) in [7, 11) is 0. The van der Waals surface area contributed by atoms with Crippen molar-refractivity contribution in [3.05, 3.63) is 0 Å². The van der Waals surface area contributed by atoms with E-state index in [2.05, 4.69) is 18.9 Å². The topological polar surface area (TPSA) is 71.1 Å². The zero-order valence-corrected chi connectivity index (χ0v) is 12.2. The van der Waals surface area contributed by atoms with Crippen LogP contribution in [0.5, 0.6) is 0 Å². The van der Waals surface area contributed by atoms with Gasteiger partial charge in [-0.25, -0.2) is 9.59 Å². The fourth-order valence-electron chi connectivity index (χ4n) is 1.03. The Morgan fingerprint density at radius 2 is 1.09 bits per heavy atom. The number of ether oxygens (including phenoxy) is 4. The van der Waals surface area contributed by atoms with Gasteiger partial charge < -0.3 is 18.9 Å². The van der Waals surface area contributed by atoms with Crippen LogP contribution < -0.4 is 0 Å².